The van der Waals surface area contributed by atoms with Crippen molar-refractivity contribution in [1.82, 2.24) is 0 Å². The van der Waals surface area contributed by atoms with Crippen LogP contribution in [-0.2, 0) is 4.79 Å². The summed E-state index contributed by atoms with van der Waals surface area (Å²) in [5, 5.41) is 0. The van der Waals surface area contributed by atoms with E-state index < -0.39 is 0 Å². The van der Waals surface area contributed by atoms with Gasteiger partial charge in [-0.25, -0.2) is 0 Å². The molecule has 0 aromatic rings. The van der Waals surface area contributed by atoms with E-state index in [1.54, 1.807) is 6.08 Å². The topological polar surface area (TPSA) is 43.1 Å². The van der Waals surface area contributed by atoms with Crippen LogP contribution in [0.5, 0.6) is 0 Å². The van der Waals surface area contributed by atoms with Crippen LogP contribution in [0.2, 0.25) is 0 Å². The van der Waals surface area contributed by atoms with Crippen molar-refractivity contribution < 1.29 is 4.79 Å². The summed E-state index contributed by atoms with van der Waals surface area (Å²) in [6.45, 7) is 11.1. The molecule has 0 aliphatic rings. The molecule has 0 aromatic heterocycles. The molecule has 0 saturated carbocycles. The van der Waals surface area contributed by atoms with Gasteiger partial charge in [-0.2, -0.15) is 0 Å². The van der Waals surface area contributed by atoms with E-state index in [1.165, 1.54) is 6.08 Å². The van der Waals surface area contributed by atoms with Gasteiger partial charge in [0.15, 0.2) is 0 Å². The summed E-state index contributed by atoms with van der Waals surface area (Å²) in [4.78, 5) is 11.0. The van der Waals surface area contributed by atoms with Gasteiger partial charge in [-0.05, 0) is 31.6 Å². The molecule has 0 aliphatic carbocycles. The van der Waals surface area contributed by atoms with E-state index in [1.807, 2.05) is 45.9 Å². The van der Waals surface area contributed by atoms with Crippen LogP contribution in [0.1, 0.15) is 27.7 Å². The molecule has 0 atom stereocenters. The van der Waals surface area contributed by atoms with Gasteiger partial charge in [-0.1, -0.05) is 38.7 Å². The zero-order chi connectivity index (χ0) is 12.3. The fourth-order valence-electron chi connectivity index (χ4n) is 0.789. The number of rotatable bonds is 4. The monoisotopic (exact) mass is 207 g/mol. The van der Waals surface area contributed by atoms with Gasteiger partial charge < -0.3 is 5.73 Å². The van der Waals surface area contributed by atoms with Crippen molar-refractivity contribution in [3.05, 3.63) is 48.2 Å². The van der Waals surface area contributed by atoms with E-state index in [0.717, 1.165) is 5.57 Å². The van der Waals surface area contributed by atoms with Crippen LogP contribution in [0.3, 0.4) is 0 Å². The van der Waals surface area contributed by atoms with E-state index in [4.69, 9.17) is 5.73 Å². The van der Waals surface area contributed by atoms with Gasteiger partial charge in [0.2, 0.25) is 5.78 Å². The lowest BCUT2D eigenvalue weighted by molar-refractivity contribution is -0.111. The number of hydrogen-bond acceptors (Lipinski definition) is 2. The fraction of sp³-hybridized carbons (Fsp3) is 0.308. The second kappa shape index (κ2) is 10.5. The number of ketones is 1. The first-order chi connectivity index (χ1) is 7.15. The molecule has 0 amide bonds. The smallest absolute Gasteiger partial charge is 0.200 e. The first kappa shape index (κ1) is 15.9. The molecule has 0 unspecified atom stereocenters. The largest absolute Gasteiger partial charge is 0.396 e. The molecule has 84 valence electrons. The average molecular weight is 207 g/mol. The summed E-state index contributed by atoms with van der Waals surface area (Å²) < 4.78 is 0. The third-order valence-electron chi connectivity index (χ3n) is 1.48. The third-order valence-corrected chi connectivity index (χ3v) is 1.48. The lowest BCUT2D eigenvalue weighted by Crippen LogP contribution is -2.08. The minimum Gasteiger partial charge on any atom is -0.396 e. The number of carbonyl (C=O) groups is 1. The highest BCUT2D eigenvalue weighted by molar-refractivity contribution is 6.03. The molecule has 0 rings (SSSR count). The van der Waals surface area contributed by atoms with Gasteiger partial charge in [-0.3, -0.25) is 4.79 Å². The Bertz CT molecular complexity index is 283. The van der Waals surface area contributed by atoms with E-state index in [9.17, 15) is 4.79 Å². The molecule has 0 bridgehead atoms. The Labute approximate surface area is 92.9 Å². The minimum absolute atomic E-state index is 0.209. The van der Waals surface area contributed by atoms with Gasteiger partial charge >= 0.3 is 0 Å². The van der Waals surface area contributed by atoms with Gasteiger partial charge in [0.1, 0.15) is 0 Å². The maximum Gasteiger partial charge on any atom is 0.200 e. The maximum absolute atomic E-state index is 11.0. The number of nitrogens with two attached hydrogens (primary N) is 1. The number of hydrogen-bond donors (Lipinski definition) is 1. The Kier molecular flexibility index (Phi) is 11.1. The highest BCUT2D eigenvalue weighted by Crippen LogP contribution is 2.02. The van der Waals surface area contributed by atoms with Crippen molar-refractivity contribution >= 4 is 5.78 Å². The molecular formula is C13H21NO. The molecule has 0 saturated heterocycles. The summed E-state index contributed by atoms with van der Waals surface area (Å²) in [5.41, 5.74) is 6.62. The summed E-state index contributed by atoms with van der Waals surface area (Å²) in [6.07, 6.45) is 8.47. The van der Waals surface area contributed by atoms with Crippen LogP contribution < -0.4 is 5.73 Å². The van der Waals surface area contributed by atoms with Crippen LogP contribution in [0.15, 0.2) is 48.2 Å². The zero-order valence-corrected chi connectivity index (χ0v) is 10.1. The molecule has 2 heteroatoms. The van der Waals surface area contributed by atoms with Crippen molar-refractivity contribution in [3.8, 4) is 0 Å². The van der Waals surface area contributed by atoms with Crippen LogP contribution in [0, 0.1) is 0 Å². The highest BCUT2D eigenvalue weighted by atomic mass is 16.1. The number of carbonyl (C=O) groups excluding carboxylic acids is 1. The Hall–Kier alpha value is -1.57. The van der Waals surface area contributed by atoms with Gasteiger partial charge in [0, 0.05) is 0 Å². The summed E-state index contributed by atoms with van der Waals surface area (Å²) in [6, 6.07) is 0. The lowest BCUT2D eigenvalue weighted by Gasteiger charge is -1.96. The second-order valence-electron chi connectivity index (χ2n) is 2.46. The normalized spacial score (nSPS) is 12.0. The predicted octanol–water partition coefficient (Wildman–Crippen LogP) is 3.13. The lowest BCUT2D eigenvalue weighted by atomic mass is 10.1. The quantitative estimate of drug-likeness (QED) is 0.568. The molecule has 0 aliphatic heterocycles. The van der Waals surface area contributed by atoms with E-state index >= 15 is 0 Å². The van der Waals surface area contributed by atoms with E-state index in [-0.39, 0.29) is 11.5 Å². The summed E-state index contributed by atoms with van der Waals surface area (Å²) in [5.74, 6) is -0.246. The van der Waals surface area contributed by atoms with Crippen LogP contribution in [0.4, 0.5) is 0 Å². The first-order valence-corrected chi connectivity index (χ1v) is 5.08. The Morgan fingerprint density at radius 2 is 1.80 bits per heavy atom. The summed E-state index contributed by atoms with van der Waals surface area (Å²) >= 11 is 0. The average Bonchev–Trinajstić information content (AvgIpc) is 2.29. The van der Waals surface area contributed by atoms with Gasteiger partial charge in [0.25, 0.3) is 0 Å². The predicted molar refractivity (Wildman–Crippen MR) is 67.4 cm³/mol. The van der Waals surface area contributed by atoms with E-state index in [0.29, 0.717) is 0 Å². The Morgan fingerprint density at radius 3 is 2.13 bits per heavy atom. The van der Waals surface area contributed by atoms with Crippen molar-refractivity contribution in [3.63, 3.8) is 0 Å². The molecule has 0 fully saturated rings. The van der Waals surface area contributed by atoms with Crippen molar-refractivity contribution in [1.29, 1.82) is 0 Å². The molecule has 15 heavy (non-hydrogen) atoms. The SMILES string of the molecule is C=CC(=O)\C(N)=C/C(/C=C\C)=C/C.CC. The summed E-state index contributed by atoms with van der Waals surface area (Å²) in [7, 11) is 0. The second-order valence-corrected chi connectivity index (χ2v) is 2.46. The first-order valence-electron chi connectivity index (χ1n) is 5.08. The molecule has 0 radical (unpaired) electrons. The van der Waals surface area contributed by atoms with Crippen LogP contribution in [-0.4, -0.2) is 5.78 Å². The van der Waals surface area contributed by atoms with Crippen LogP contribution >= 0.6 is 0 Å². The van der Waals surface area contributed by atoms with Crippen molar-refractivity contribution in [2.75, 3.05) is 0 Å². The molecular weight excluding hydrogens is 186 g/mol. The zero-order valence-electron chi connectivity index (χ0n) is 10.1. The standard InChI is InChI=1S/C11H15NO.C2H6/c1-4-7-9(5-2)8-10(12)11(13)6-3;1-2/h4-8H,3,12H2,1-2H3;1-2H3/b7-4-,9-5+,10-8+;. The molecule has 0 aromatic carbocycles. The fourth-order valence-corrected chi connectivity index (χ4v) is 0.789. The Balaban J connectivity index is 0. The molecule has 0 heterocycles. The van der Waals surface area contributed by atoms with E-state index in [2.05, 4.69) is 6.58 Å². The molecule has 0 spiro atoms. The highest BCUT2D eigenvalue weighted by Gasteiger charge is 1.98. The molecule has 2 N–H and O–H groups in total. The van der Waals surface area contributed by atoms with Gasteiger partial charge in [-0.15, -0.1) is 0 Å². The maximum atomic E-state index is 11.0. The third kappa shape index (κ3) is 7.50. The van der Waals surface area contributed by atoms with Crippen molar-refractivity contribution in [2.24, 2.45) is 5.73 Å². The van der Waals surface area contributed by atoms with Gasteiger partial charge in [0.05, 0.1) is 5.70 Å². The molecule has 2 nitrogen and oxygen atoms in total. The minimum atomic E-state index is -0.246. The van der Waals surface area contributed by atoms with Crippen molar-refractivity contribution in [2.45, 2.75) is 27.7 Å². The number of allylic oxidation sites excluding steroid dienone is 6. The Morgan fingerprint density at radius 1 is 1.27 bits per heavy atom. The van der Waals surface area contributed by atoms with Crippen LogP contribution in [0.25, 0.3) is 0 Å².